The van der Waals surface area contributed by atoms with Crippen molar-refractivity contribution in [2.24, 2.45) is 10.2 Å². The first-order valence-corrected chi connectivity index (χ1v) is 7.49. The lowest BCUT2D eigenvalue weighted by molar-refractivity contribution is -0.384. The molecule has 0 aromatic heterocycles. The molecule has 1 N–H and O–H groups in total. The maximum absolute atomic E-state index is 10.6. The van der Waals surface area contributed by atoms with Gasteiger partial charge < -0.3 is 14.7 Å². The van der Waals surface area contributed by atoms with Crippen molar-refractivity contribution in [2.75, 3.05) is 24.6 Å². The van der Waals surface area contributed by atoms with E-state index in [2.05, 4.69) is 15.1 Å². The molecule has 124 valence electrons. The highest BCUT2D eigenvalue weighted by Crippen LogP contribution is 2.41. The molecular weight excluding hydrogens is 312 g/mol. The van der Waals surface area contributed by atoms with Crippen LogP contribution in [0.1, 0.15) is 6.92 Å². The van der Waals surface area contributed by atoms with E-state index in [0.717, 1.165) is 18.8 Å². The summed E-state index contributed by atoms with van der Waals surface area (Å²) in [6, 6.07) is 8.94. The minimum absolute atomic E-state index is 0.00311. The summed E-state index contributed by atoms with van der Waals surface area (Å²) in [5.41, 5.74) is 1.55. The van der Waals surface area contributed by atoms with Crippen LogP contribution in [0.2, 0.25) is 0 Å². The van der Waals surface area contributed by atoms with Gasteiger partial charge in [0.05, 0.1) is 22.8 Å². The van der Waals surface area contributed by atoms with E-state index in [-0.39, 0.29) is 17.1 Å². The van der Waals surface area contributed by atoms with E-state index in [1.807, 2.05) is 6.92 Å². The molecular formula is C16H16N4O4. The molecule has 1 aliphatic rings. The molecule has 2 aromatic rings. The van der Waals surface area contributed by atoms with Crippen LogP contribution in [0.15, 0.2) is 46.6 Å². The van der Waals surface area contributed by atoms with E-state index in [4.69, 9.17) is 4.74 Å². The number of aromatic hydroxyl groups is 1. The topological polar surface area (TPSA) is 101 Å². The Bertz CT molecular complexity index is 789. The van der Waals surface area contributed by atoms with Crippen LogP contribution in [0.4, 0.5) is 22.7 Å². The lowest BCUT2D eigenvalue weighted by Crippen LogP contribution is -2.32. The van der Waals surface area contributed by atoms with Crippen molar-refractivity contribution >= 4 is 22.7 Å². The van der Waals surface area contributed by atoms with Gasteiger partial charge in [-0.2, -0.15) is 5.11 Å². The lowest BCUT2D eigenvalue weighted by atomic mass is 10.2. The maximum Gasteiger partial charge on any atom is 0.269 e. The van der Waals surface area contributed by atoms with E-state index in [0.29, 0.717) is 18.0 Å². The number of non-ortho nitro benzene ring substituents is 1. The summed E-state index contributed by atoms with van der Waals surface area (Å²) in [5, 5.41) is 28.8. The van der Waals surface area contributed by atoms with Gasteiger partial charge >= 0.3 is 0 Å². The van der Waals surface area contributed by atoms with Crippen molar-refractivity contribution < 1.29 is 14.8 Å². The summed E-state index contributed by atoms with van der Waals surface area (Å²) in [5.74, 6) is 0.655. The number of phenolic OH excluding ortho intramolecular Hbond substituents is 1. The van der Waals surface area contributed by atoms with Gasteiger partial charge in [-0.1, -0.05) is 0 Å². The Hall–Kier alpha value is -3.16. The van der Waals surface area contributed by atoms with Crippen molar-refractivity contribution in [1.29, 1.82) is 0 Å². The van der Waals surface area contributed by atoms with E-state index in [9.17, 15) is 15.2 Å². The number of fused-ring (bicyclic) bond motifs is 1. The second-order valence-electron chi connectivity index (χ2n) is 5.21. The van der Waals surface area contributed by atoms with Crippen LogP contribution < -0.4 is 9.64 Å². The van der Waals surface area contributed by atoms with Crippen molar-refractivity contribution in [1.82, 2.24) is 0 Å². The van der Waals surface area contributed by atoms with Crippen LogP contribution in [0.3, 0.4) is 0 Å². The van der Waals surface area contributed by atoms with Gasteiger partial charge in [-0.25, -0.2) is 0 Å². The summed E-state index contributed by atoms with van der Waals surface area (Å²) >= 11 is 0. The smallest absolute Gasteiger partial charge is 0.269 e. The van der Waals surface area contributed by atoms with E-state index < -0.39 is 4.92 Å². The van der Waals surface area contributed by atoms with Crippen LogP contribution in [0.25, 0.3) is 0 Å². The van der Waals surface area contributed by atoms with Crippen LogP contribution in [-0.2, 0) is 0 Å². The summed E-state index contributed by atoms with van der Waals surface area (Å²) in [6.45, 7) is 4.20. The molecule has 8 heteroatoms. The highest BCUT2D eigenvalue weighted by Gasteiger charge is 2.19. The van der Waals surface area contributed by atoms with Crippen molar-refractivity contribution in [3.63, 3.8) is 0 Å². The average Bonchev–Trinajstić information content (AvgIpc) is 2.59. The van der Waals surface area contributed by atoms with Crippen LogP contribution in [-0.4, -0.2) is 29.7 Å². The molecule has 8 nitrogen and oxygen atoms in total. The van der Waals surface area contributed by atoms with Gasteiger partial charge in [-0.3, -0.25) is 10.1 Å². The monoisotopic (exact) mass is 328 g/mol. The van der Waals surface area contributed by atoms with Gasteiger partial charge in [0.1, 0.15) is 23.8 Å². The van der Waals surface area contributed by atoms with Gasteiger partial charge in [-0.15, -0.1) is 5.11 Å². The fraction of sp³-hybridized carbons (Fsp3) is 0.250. The number of benzene rings is 2. The predicted molar refractivity (Wildman–Crippen MR) is 88.8 cm³/mol. The molecule has 1 aliphatic heterocycles. The van der Waals surface area contributed by atoms with Crippen molar-refractivity contribution in [2.45, 2.75) is 6.92 Å². The predicted octanol–water partition coefficient (Wildman–Crippen LogP) is 3.93. The van der Waals surface area contributed by atoms with Crippen LogP contribution in [0, 0.1) is 10.1 Å². The van der Waals surface area contributed by atoms with E-state index in [1.165, 1.54) is 24.3 Å². The number of hydrogen-bond donors (Lipinski definition) is 1. The Labute approximate surface area is 138 Å². The molecule has 2 aromatic carbocycles. The molecule has 3 rings (SSSR count). The Morgan fingerprint density at radius 1 is 1.29 bits per heavy atom. The third-order valence-electron chi connectivity index (χ3n) is 3.73. The fourth-order valence-corrected chi connectivity index (χ4v) is 2.46. The molecule has 0 spiro atoms. The molecule has 0 fully saturated rings. The zero-order valence-electron chi connectivity index (χ0n) is 13.0. The second-order valence-corrected chi connectivity index (χ2v) is 5.21. The number of hydrogen-bond acceptors (Lipinski definition) is 7. The van der Waals surface area contributed by atoms with Gasteiger partial charge in [0, 0.05) is 30.8 Å². The number of nitro groups is 1. The minimum Gasteiger partial charge on any atom is -0.506 e. The number of anilines is 1. The fourth-order valence-electron chi connectivity index (χ4n) is 2.46. The largest absolute Gasteiger partial charge is 0.506 e. The molecule has 0 amide bonds. The number of phenols is 1. The number of rotatable bonds is 4. The number of nitrogens with zero attached hydrogens (tertiary/aromatic N) is 4. The molecule has 0 bridgehead atoms. The number of likely N-dealkylation sites (N-methyl/N-ethyl adjacent to an activating group) is 1. The molecule has 24 heavy (non-hydrogen) atoms. The molecule has 1 heterocycles. The number of ether oxygens (including phenoxy) is 1. The Kier molecular flexibility index (Phi) is 4.28. The first kappa shape index (κ1) is 15.7. The molecule has 0 unspecified atom stereocenters. The molecule has 0 radical (unpaired) electrons. The highest BCUT2D eigenvalue weighted by molar-refractivity contribution is 5.70. The first-order valence-electron chi connectivity index (χ1n) is 7.49. The Balaban J connectivity index is 1.86. The molecule has 0 saturated carbocycles. The SMILES string of the molecule is CCN1CCOc2cc(N=Nc3ccc([N+](=O)[O-])cc3)c(O)cc21. The highest BCUT2D eigenvalue weighted by atomic mass is 16.6. The van der Waals surface area contributed by atoms with Crippen molar-refractivity contribution in [3.05, 3.63) is 46.5 Å². The van der Waals surface area contributed by atoms with Crippen LogP contribution >= 0.6 is 0 Å². The van der Waals surface area contributed by atoms with Gasteiger partial charge in [0.15, 0.2) is 0 Å². The Morgan fingerprint density at radius 2 is 2.04 bits per heavy atom. The van der Waals surface area contributed by atoms with Gasteiger partial charge in [0.25, 0.3) is 5.69 Å². The summed E-state index contributed by atoms with van der Waals surface area (Å²) in [7, 11) is 0. The molecule has 0 aliphatic carbocycles. The number of nitro benzene ring substituents is 1. The third-order valence-corrected chi connectivity index (χ3v) is 3.73. The average molecular weight is 328 g/mol. The summed E-state index contributed by atoms with van der Waals surface area (Å²) in [6.07, 6.45) is 0. The van der Waals surface area contributed by atoms with Crippen LogP contribution in [0.5, 0.6) is 11.5 Å². The zero-order chi connectivity index (χ0) is 17.1. The third kappa shape index (κ3) is 3.12. The van der Waals surface area contributed by atoms with Gasteiger partial charge in [-0.05, 0) is 19.1 Å². The Morgan fingerprint density at radius 3 is 2.71 bits per heavy atom. The van der Waals surface area contributed by atoms with Crippen molar-refractivity contribution in [3.8, 4) is 11.5 Å². The molecule has 0 atom stereocenters. The van der Waals surface area contributed by atoms with Gasteiger partial charge in [0.2, 0.25) is 0 Å². The first-order chi connectivity index (χ1) is 11.6. The summed E-state index contributed by atoms with van der Waals surface area (Å²) in [4.78, 5) is 12.3. The quantitative estimate of drug-likeness (QED) is 0.520. The lowest BCUT2D eigenvalue weighted by Gasteiger charge is -2.30. The second kappa shape index (κ2) is 6.53. The summed E-state index contributed by atoms with van der Waals surface area (Å²) < 4.78 is 5.62. The standard InChI is InChI=1S/C16H16N4O4/c1-2-19-7-8-24-16-9-13(15(21)10-14(16)19)18-17-11-3-5-12(6-4-11)20(22)23/h3-6,9-10,21H,2,7-8H2,1H3. The maximum atomic E-state index is 10.6. The normalized spacial score (nSPS) is 13.6. The van der Waals surface area contributed by atoms with E-state index >= 15 is 0 Å². The molecule has 0 saturated heterocycles. The zero-order valence-corrected chi connectivity index (χ0v) is 13.0. The minimum atomic E-state index is -0.479. The van der Waals surface area contributed by atoms with E-state index in [1.54, 1.807) is 12.1 Å². The number of azo groups is 1.